The third-order valence-corrected chi connectivity index (χ3v) is 2.48. The zero-order valence-electron chi connectivity index (χ0n) is 9.27. The Morgan fingerprint density at radius 3 is 3.25 bits per heavy atom. The number of aryl methyl sites for hydroxylation is 1. The lowest BCUT2D eigenvalue weighted by Crippen LogP contribution is -2.18. The third kappa shape index (κ3) is 2.59. The molecule has 88 valence electrons. The van der Waals surface area contributed by atoms with Crippen molar-refractivity contribution in [2.75, 3.05) is 18.6 Å². The number of nitrogens with zero attached hydrogens (tertiary/aromatic N) is 2. The van der Waals surface area contributed by atoms with Gasteiger partial charge in [-0.05, 0) is 19.8 Å². The van der Waals surface area contributed by atoms with Crippen LogP contribution in [0.25, 0.3) is 0 Å². The van der Waals surface area contributed by atoms with Gasteiger partial charge in [-0.25, -0.2) is 10.8 Å². The maximum absolute atomic E-state index is 5.59. The second-order valence-corrected chi connectivity index (χ2v) is 3.77. The smallest absolute Gasteiger partial charge is 0.240 e. The average molecular weight is 224 g/mol. The Hall–Kier alpha value is -1.40. The van der Waals surface area contributed by atoms with Crippen molar-refractivity contribution in [3.63, 3.8) is 0 Å². The van der Waals surface area contributed by atoms with Crippen LogP contribution in [0.5, 0.6) is 5.88 Å². The molecule has 0 aliphatic carbocycles. The molecule has 1 aromatic rings. The molecule has 1 fully saturated rings. The number of aromatic nitrogens is 2. The minimum atomic E-state index is 0.184. The monoisotopic (exact) mass is 224 g/mol. The Morgan fingerprint density at radius 1 is 1.69 bits per heavy atom. The molecule has 0 bridgehead atoms. The molecule has 2 heterocycles. The van der Waals surface area contributed by atoms with E-state index in [1.807, 2.05) is 6.92 Å². The maximum atomic E-state index is 5.59. The van der Waals surface area contributed by atoms with E-state index in [1.165, 1.54) is 0 Å². The molecule has 1 saturated heterocycles. The molecule has 6 heteroatoms. The van der Waals surface area contributed by atoms with Gasteiger partial charge in [0, 0.05) is 18.4 Å². The SMILES string of the molecule is Cc1cnc(NN)nc1OCC1CCCO1. The second-order valence-electron chi connectivity index (χ2n) is 3.77. The predicted octanol–water partition coefficient (Wildman–Crippen LogP) is 0.628. The summed E-state index contributed by atoms with van der Waals surface area (Å²) in [7, 11) is 0. The first-order chi connectivity index (χ1) is 7.79. The fourth-order valence-corrected chi connectivity index (χ4v) is 1.59. The fraction of sp³-hybridized carbons (Fsp3) is 0.600. The largest absolute Gasteiger partial charge is 0.475 e. The van der Waals surface area contributed by atoms with E-state index in [4.69, 9.17) is 15.3 Å². The van der Waals surface area contributed by atoms with Crippen LogP contribution in [0.15, 0.2) is 6.20 Å². The first-order valence-corrected chi connectivity index (χ1v) is 5.34. The van der Waals surface area contributed by atoms with Crippen molar-refractivity contribution in [2.45, 2.75) is 25.9 Å². The van der Waals surface area contributed by atoms with Crippen molar-refractivity contribution >= 4 is 5.95 Å². The summed E-state index contributed by atoms with van der Waals surface area (Å²) in [6.45, 7) is 3.25. The fourth-order valence-electron chi connectivity index (χ4n) is 1.59. The van der Waals surface area contributed by atoms with Crippen molar-refractivity contribution in [1.29, 1.82) is 0 Å². The van der Waals surface area contributed by atoms with Gasteiger partial charge in [0.05, 0.1) is 6.10 Å². The van der Waals surface area contributed by atoms with Crippen molar-refractivity contribution in [3.8, 4) is 5.88 Å². The van der Waals surface area contributed by atoms with E-state index in [2.05, 4.69) is 15.4 Å². The zero-order chi connectivity index (χ0) is 11.4. The van der Waals surface area contributed by atoms with Crippen molar-refractivity contribution in [2.24, 2.45) is 5.84 Å². The van der Waals surface area contributed by atoms with Gasteiger partial charge in [0.1, 0.15) is 6.61 Å². The zero-order valence-corrected chi connectivity index (χ0v) is 9.27. The predicted molar refractivity (Wildman–Crippen MR) is 59.0 cm³/mol. The molecule has 16 heavy (non-hydrogen) atoms. The number of rotatable bonds is 4. The second kappa shape index (κ2) is 5.09. The Kier molecular flexibility index (Phi) is 3.53. The van der Waals surface area contributed by atoms with E-state index in [-0.39, 0.29) is 6.10 Å². The first kappa shape index (κ1) is 11.1. The Balaban J connectivity index is 1.96. The van der Waals surface area contributed by atoms with Crippen molar-refractivity contribution in [3.05, 3.63) is 11.8 Å². The van der Waals surface area contributed by atoms with E-state index in [0.29, 0.717) is 18.4 Å². The maximum Gasteiger partial charge on any atom is 0.240 e. The molecule has 3 N–H and O–H groups in total. The molecule has 0 radical (unpaired) electrons. The molecule has 1 aliphatic rings. The molecule has 6 nitrogen and oxygen atoms in total. The number of ether oxygens (including phenoxy) is 2. The highest BCUT2D eigenvalue weighted by molar-refractivity contribution is 5.31. The van der Waals surface area contributed by atoms with Gasteiger partial charge in [0.25, 0.3) is 0 Å². The van der Waals surface area contributed by atoms with Crippen LogP contribution in [0.4, 0.5) is 5.95 Å². The van der Waals surface area contributed by atoms with Crippen molar-refractivity contribution in [1.82, 2.24) is 9.97 Å². The number of nitrogens with two attached hydrogens (primary N) is 1. The van der Waals surface area contributed by atoms with Gasteiger partial charge >= 0.3 is 0 Å². The quantitative estimate of drug-likeness (QED) is 0.576. The summed E-state index contributed by atoms with van der Waals surface area (Å²) in [5, 5.41) is 0. The highest BCUT2D eigenvalue weighted by Crippen LogP contribution is 2.17. The molecular weight excluding hydrogens is 208 g/mol. The number of nitrogen functional groups attached to an aromatic ring is 1. The summed E-state index contributed by atoms with van der Waals surface area (Å²) < 4.78 is 11.1. The van der Waals surface area contributed by atoms with Crippen LogP contribution >= 0.6 is 0 Å². The Bertz CT molecular complexity index is 353. The topological polar surface area (TPSA) is 82.3 Å². The number of hydrogen-bond acceptors (Lipinski definition) is 6. The summed E-state index contributed by atoms with van der Waals surface area (Å²) in [5.74, 6) is 6.14. The molecule has 2 rings (SSSR count). The number of hydrogen-bond donors (Lipinski definition) is 2. The molecule has 0 amide bonds. The standard InChI is InChI=1S/C10H16N4O2/c1-7-5-12-10(14-11)13-9(7)16-6-8-3-2-4-15-8/h5,8H,2-4,6,11H2,1H3,(H,12,13,14). The van der Waals surface area contributed by atoms with Gasteiger partial charge in [0.2, 0.25) is 11.8 Å². The van der Waals surface area contributed by atoms with Crippen LogP contribution in [-0.4, -0.2) is 29.3 Å². The van der Waals surface area contributed by atoms with Crippen LogP contribution < -0.4 is 16.0 Å². The number of anilines is 1. The molecular formula is C10H16N4O2. The lowest BCUT2D eigenvalue weighted by molar-refractivity contribution is 0.0661. The molecule has 1 aromatic heterocycles. The number of nitrogens with one attached hydrogen (secondary N) is 1. The third-order valence-electron chi connectivity index (χ3n) is 2.48. The Morgan fingerprint density at radius 2 is 2.56 bits per heavy atom. The molecule has 0 aromatic carbocycles. The summed E-state index contributed by atoms with van der Waals surface area (Å²) in [4.78, 5) is 8.11. The minimum absolute atomic E-state index is 0.184. The Labute approximate surface area is 94.1 Å². The summed E-state index contributed by atoms with van der Waals surface area (Å²) >= 11 is 0. The van der Waals surface area contributed by atoms with Crippen LogP contribution in [0, 0.1) is 6.92 Å². The van der Waals surface area contributed by atoms with E-state index >= 15 is 0 Å². The van der Waals surface area contributed by atoms with Gasteiger partial charge in [-0.15, -0.1) is 0 Å². The summed E-state index contributed by atoms with van der Waals surface area (Å²) in [6.07, 6.45) is 4.01. The van der Waals surface area contributed by atoms with Crippen molar-refractivity contribution < 1.29 is 9.47 Å². The lowest BCUT2D eigenvalue weighted by atomic mass is 10.2. The van der Waals surface area contributed by atoms with Gasteiger partial charge in [0.15, 0.2) is 0 Å². The highest BCUT2D eigenvalue weighted by atomic mass is 16.5. The van der Waals surface area contributed by atoms with Crippen LogP contribution in [0.3, 0.4) is 0 Å². The van der Waals surface area contributed by atoms with E-state index in [9.17, 15) is 0 Å². The molecule has 0 saturated carbocycles. The van der Waals surface area contributed by atoms with E-state index in [0.717, 1.165) is 25.0 Å². The number of hydrazine groups is 1. The van der Waals surface area contributed by atoms with Crippen LogP contribution in [-0.2, 0) is 4.74 Å². The van der Waals surface area contributed by atoms with Gasteiger partial charge in [-0.2, -0.15) is 4.98 Å². The van der Waals surface area contributed by atoms with Gasteiger partial charge in [-0.1, -0.05) is 0 Å². The van der Waals surface area contributed by atoms with Gasteiger partial charge in [-0.3, -0.25) is 5.43 Å². The molecule has 1 aliphatic heterocycles. The highest BCUT2D eigenvalue weighted by Gasteiger charge is 2.17. The van der Waals surface area contributed by atoms with E-state index in [1.54, 1.807) is 6.20 Å². The first-order valence-electron chi connectivity index (χ1n) is 5.34. The average Bonchev–Trinajstić information content (AvgIpc) is 2.81. The molecule has 0 spiro atoms. The van der Waals surface area contributed by atoms with Gasteiger partial charge < -0.3 is 9.47 Å². The summed E-state index contributed by atoms with van der Waals surface area (Å²) in [6, 6.07) is 0. The summed E-state index contributed by atoms with van der Waals surface area (Å²) in [5.41, 5.74) is 3.28. The normalized spacial score (nSPS) is 19.8. The van der Waals surface area contributed by atoms with Crippen LogP contribution in [0.2, 0.25) is 0 Å². The van der Waals surface area contributed by atoms with E-state index < -0.39 is 0 Å². The molecule has 1 unspecified atom stereocenters. The van der Waals surface area contributed by atoms with Crippen LogP contribution in [0.1, 0.15) is 18.4 Å². The molecule has 1 atom stereocenters. The minimum Gasteiger partial charge on any atom is -0.475 e. The lowest BCUT2D eigenvalue weighted by Gasteiger charge is -2.12.